The zero-order valence-corrected chi connectivity index (χ0v) is 27.2. The number of ether oxygens (including phenoxy) is 2. The molecule has 1 aromatic rings. The molecular weight excluding hydrogens is 572 g/mol. The highest BCUT2D eigenvalue weighted by molar-refractivity contribution is 5.96. The van der Waals surface area contributed by atoms with Gasteiger partial charge in [-0.25, -0.2) is 9.59 Å². The first-order chi connectivity index (χ1) is 21.4. The maximum absolute atomic E-state index is 13.4. The molecule has 11 nitrogen and oxygen atoms in total. The second-order valence-corrected chi connectivity index (χ2v) is 12.8. The lowest BCUT2D eigenvalue weighted by Crippen LogP contribution is -2.43. The predicted molar refractivity (Wildman–Crippen MR) is 174 cm³/mol. The van der Waals surface area contributed by atoms with Crippen molar-refractivity contribution in [3.63, 3.8) is 0 Å². The molecule has 0 spiro atoms. The molecule has 1 aliphatic carbocycles. The summed E-state index contributed by atoms with van der Waals surface area (Å²) in [6, 6.07) is 7.12. The summed E-state index contributed by atoms with van der Waals surface area (Å²) in [4.78, 5) is 45.2. The zero-order chi connectivity index (χ0) is 32.4. The second-order valence-electron chi connectivity index (χ2n) is 12.8. The summed E-state index contributed by atoms with van der Waals surface area (Å²) >= 11 is 0. The molecule has 244 valence electrons. The number of benzene rings is 1. The first-order valence-electron chi connectivity index (χ1n) is 15.7. The molecule has 1 atom stereocenters. The standard InChI is InChI=1S/C34H48N6O5/c1-25-9-14-29(30(22-25)37-33(43)45-34(2,3)4)36-31(41)27-12-10-26(11-13-27)23-40(17-7-16-39-18-20-44-21-19-39)32(42)35-28-8-6-15-38(5)24-28/h6,8,10-15,22,25H,7,9,16-21,23-24H2,1-5H3,(H,35,42)(H,36,41)(H,37,43). The van der Waals surface area contributed by atoms with Gasteiger partial charge in [0, 0.05) is 51.0 Å². The number of carbonyl (C=O) groups excluding carboxylic acids is 3. The molecule has 0 radical (unpaired) electrons. The van der Waals surface area contributed by atoms with Crippen molar-refractivity contribution in [2.45, 2.75) is 52.7 Å². The smallest absolute Gasteiger partial charge is 0.412 e. The number of hydrogen-bond donors (Lipinski definition) is 3. The summed E-state index contributed by atoms with van der Waals surface area (Å²) in [5, 5.41) is 8.79. The topological polar surface area (TPSA) is 115 Å². The maximum atomic E-state index is 13.4. The minimum Gasteiger partial charge on any atom is -0.444 e. The summed E-state index contributed by atoms with van der Waals surface area (Å²) < 4.78 is 10.9. The number of likely N-dealkylation sites (N-methyl/N-ethyl adjacent to an activating group) is 1. The molecule has 4 amide bonds. The van der Waals surface area contributed by atoms with Gasteiger partial charge in [-0.2, -0.15) is 0 Å². The van der Waals surface area contributed by atoms with Gasteiger partial charge in [-0.15, -0.1) is 0 Å². The van der Waals surface area contributed by atoms with E-state index in [2.05, 4.69) is 20.9 Å². The van der Waals surface area contributed by atoms with Gasteiger partial charge < -0.3 is 29.9 Å². The van der Waals surface area contributed by atoms with Gasteiger partial charge >= 0.3 is 12.1 Å². The first kappa shape index (κ1) is 33.8. The van der Waals surface area contributed by atoms with Crippen LogP contribution in [0.4, 0.5) is 9.59 Å². The normalized spacial score (nSPS) is 18.7. The monoisotopic (exact) mass is 620 g/mol. The highest BCUT2D eigenvalue weighted by Gasteiger charge is 2.22. The average Bonchev–Trinajstić information content (AvgIpc) is 2.98. The molecule has 0 bridgehead atoms. The quantitative estimate of drug-likeness (QED) is 0.357. The van der Waals surface area contributed by atoms with Crippen LogP contribution >= 0.6 is 0 Å². The van der Waals surface area contributed by atoms with E-state index in [4.69, 9.17) is 9.47 Å². The Bertz CT molecular complexity index is 1320. The number of carbonyl (C=O) groups is 3. The van der Waals surface area contributed by atoms with Crippen LogP contribution in [0.25, 0.3) is 0 Å². The fraction of sp³-hybridized carbons (Fsp3) is 0.500. The minimum absolute atomic E-state index is 0.149. The second kappa shape index (κ2) is 15.8. The van der Waals surface area contributed by atoms with E-state index in [0.717, 1.165) is 57.0 Å². The van der Waals surface area contributed by atoms with Gasteiger partial charge in [0.25, 0.3) is 5.91 Å². The molecule has 45 heavy (non-hydrogen) atoms. The number of allylic oxidation sites excluding steroid dienone is 4. The van der Waals surface area contributed by atoms with E-state index < -0.39 is 11.7 Å². The number of urea groups is 1. The Labute approximate surface area is 267 Å². The number of amides is 4. The Balaban J connectivity index is 1.38. The van der Waals surface area contributed by atoms with E-state index in [1.54, 1.807) is 32.9 Å². The van der Waals surface area contributed by atoms with E-state index in [1.807, 2.05) is 66.4 Å². The van der Waals surface area contributed by atoms with Crippen molar-refractivity contribution in [3.8, 4) is 0 Å². The number of morpholine rings is 1. The molecule has 3 aliphatic rings. The minimum atomic E-state index is -0.639. The molecular formula is C34H48N6O5. The van der Waals surface area contributed by atoms with Gasteiger partial charge in [-0.05, 0) is 75.6 Å². The maximum Gasteiger partial charge on any atom is 0.412 e. The van der Waals surface area contributed by atoms with Crippen molar-refractivity contribution in [3.05, 3.63) is 83.0 Å². The van der Waals surface area contributed by atoms with Gasteiger partial charge in [-0.3, -0.25) is 15.0 Å². The predicted octanol–water partition coefficient (Wildman–Crippen LogP) is 4.33. The van der Waals surface area contributed by atoms with Gasteiger partial charge in [-0.1, -0.05) is 31.2 Å². The fourth-order valence-corrected chi connectivity index (χ4v) is 5.21. The lowest BCUT2D eigenvalue weighted by Gasteiger charge is -2.29. The zero-order valence-electron chi connectivity index (χ0n) is 27.2. The number of rotatable bonds is 10. The van der Waals surface area contributed by atoms with Gasteiger partial charge in [0.2, 0.25) is 0 Å². The first-order valence-corrected chi connectivity index (χ1v) is 15.7. The van der Waals surface area contributed by atoms with Crippen LogP contribution in [0.5, 0.6) is 0 Å². The Hall–Kier alpha value is -4.09. The van der Waals surface area contributed by atoms with Crippen molar-refractivity contribution in [2.75, 3.05) is 53.0 Å². The van der Waals surface area contributed by atoms with Crippen LogP contribution in [0.1, 0.15) is 56.5 Å². The summed E-state index contributed by atoms with van der Waals surface area (Å²) in [7, 11) is 1.97. The summed E-state index contributed by atoms with van der Waals surface area (Å²) in [6.45, 7) is 13.3. The number of alkyl carbamates (subject to hydrolysis) is 1. The van der Waals surface area contributed by atoms with E-state index >= 15 is 0 Å². The average molecular weight is 621 g/mol. The van der Waals surface area contributed by atoms with Crippen LogP contribution in [0.15, 0.2) is 71.9 Å². The number of hydrogen-bond acceptors (Lipinski definition) is 7. The van der Waals surface area contributed by atoms with Crippen molar-refractivity contribution >= 4 is 18.0 Å². The third-order valence-corrected chi connectivity index (χ3v) is 7.53. The summed E-state index contributed by atoms with van der Waals surface area (Å²) in [5.41, 5.74) is 2.65. The van der Waals surface area contributed by atoms with E-state index in [1.165, 1.54) is 0 Å². The van der Waals surface area contributed by atoms with Gasteiger partial charge in [0.15, 0.2) is 0 Å². The highest BCUT2D eigenvalue weighted by Crippen LogP contribution is 2.21. The van der Waals surface area contributed by atoms with Crippen molar-refractivity contribution < 1.29 is 23.9 Å². The molecule has 1 saturated heterocycles. The summed E-state index contributed by atoms with van der Waals surface area (Å²) in [5.74, 6) is -0.0866. The van der Waals surface area contributed by atoms with Crippen LogP contribution in [0.2, 0.25) is 0 Å². The van der Waals surface area contributed by atoms with Crippen LogP contribution in [-0.2, 0) is 16.0 Å². The molecule has 2 heterocycles. The van der Waals surface area contributed by atoms with Gasteiger partial charge in [0.05, 0.1) is 31.2 Å². The Morgan fingerprint density at radius 2 is 1.78 bits per heavy atom. The lowest BCUT2D eigenvalue weighted by atomic mass is 9.99. The largest absolute Gasteiger partial charge is 0.444 e. The van der Waals surface area contributed by atoms with Crippen molar-refractivity contribution in [2.24, 2.45) is 5.92 Å². The lowest BCUT2D eigenvalue weighted by molar-refractivity contribution is 0.0364. The molecule has 1 unspecified atom stereocenters. The molecule has 0 aromatic heterocycles. The molecule has 4 rings (SSSR count). The van der Waals surface area contributed by atoms with Crippen LogP contribution in [0, 0.1) is 5.92 Å². The molecule has 11 heteroatoms. The molecule has 3 N–H and O–H groups in total. The number of nitrogens with zero attached hydrogens (tertiary/aromatic N) is 3. The highest BCUT2D eigenvalue weighted by atomic mass is 16.6. The van der Waals surface area contributed by atoms with Crippen molar-refractivity contribution in [1.82, 2.24) is 30.7 Å². The molecule has 1 fully saturated rings. The van der Waals surface area contributed by atoms with Crippen LogP contribution in [-0.4, -0.2) is 91.3 Å². The van der Waals surface area contributed by atoms with Crippen LogP contribution in [0.3, 0.4) is 0 Å². The van der Waals surface area contributed by atoms with Crippen LogP contribution < -0.4 is 16.0 Å². The molecule has 2 aliphatic heterocycles. The Morgan fingerprint density at radius 3 is 2.47 bits per heavy atom. The third-order valence-electron chi connectivity index (χ3n) is 7.53. The van der Waals surface area contributed by atoms with Crippen molar-refractivity contribution in [1.29, 1.82) is 0 Å². The van der Waals surface area contributed by atoms with E-state index in [0.29, 0.717) is 36.6 Å². The number of nitrogens with one attached hydrogen (secondary N) is 3. The third kappa shape index (κ3) is 11.1. The summed E-state index contributed by atoms with van der Waals surface area (Å²) in [6.07, 6.45) is 10.6. The van der Waals surface area contributed by atoms with E-state index in [-0.39, 0.29) is 17.9 Å². The van der Waals surface area contributed by atoms with E-state index in [9.17, 15) is 14.4 Å². The van der Waals surface area contributed by atoms with Gasteiger partial charge in [0.1, 0.15) is 5.60 Å². The Kier molecular flexibility index (Phi) is 11.8. The Morgan fingerprint density at radius 1 is 1.04 bits per heavy atom. The molecule has 0 saturated carbocycles. The SMILES string of the molecule is CC1C=C(NC(=O)OC(C)(C)C)C(NC(=O)c2ccc(CN(CCCN3CCOCC3)C(=O)NC3=CC=CN(C)C3)cc2)=CC1. The fourth-order valence-electron chi connectivity index (χ4n) is 5.21. The molecule has 1 aromatic carbocycles.